The van der Waals surface area contributed by atoms with Crippen molar-refractivity contribution < 1.29 is 17.9 Å². The highest BCUT2D eigenvalue weighted by Gasteiger charge is 2.47. The van der Waals surface area contributed by atoms with Gasteiger partial charge in [0.05, 0.1) is 24.7 Å². The minimum atomic E-state index is -3.68. The van der Waals surface area contributed by atoms with E-state index in [4.69, 9.17) is 4.74 Å². The Hall–Kier alpha value is -1.48. The Morgan fingerprint density at radius 3 is 2.36 bits per heavy atom. The van der Waals surface area contributed by atoms with Crippen LogP contribution in [0.2, 0.25) is 0 Å². The fourth-order valence-corrected chi connectivity index (χ4v) is 5.81. The molecule has 2 aliphatic heterocycles. The molecule has 0 bridgehead atoms. The van der Waals surface area contributed by atoms with E-state index < -0.39 is 16.2 Å². The second-order valence-electron chi connectivity index (χ2n) is 8.08. The number of carbonyl (C=O) groups is 1. The summed E-state index contributed by atoms with van der Waals surface area (Å²) < 4.78 is 33.5. The van der Waals surface area contributed by atoms with E-state index in [9.17, 15) is 13.2 Å². The van der Waals surface area contributed by atoms with Crippen LogP contribution in [0.1, 0.15) is 26.3 Å². The molecule has 0 N–H and O–H groups in total. The van der Waals surface area contributed by atoms with Gasteiger partial charge in [0.15, 0.2) is 0 Å². The fourth-order valence-electron chi connectivity index (χ4n) is 4.02. The van der Waals surface area contributed by atoms with E-state index in [0.29, 0.717) is 26.3 Å². The van der Waals surface area contributed by atoms with Crippen LogP contribution in [0.3, 0.4) is 0 Å². The van der Waals surface area contributed by atoms with Gasteiger partial charge in [0.25, 0.3) is 0 Å². The Bertz CT molecular complexity index is 788. The van der Waals surface area contributed by atoms with E-state index in [1.54, 1.807) is 29.2 Å². The van der Waals surface area contributed by atoms with Crippen molar-refractivity contribution in [2.24, 2.45) is 5.92 Å². The van der Waals surface area contributed by atoms with Crippen LogP contribution in [0.5, 0.6) is 0 Å². The topological polar surface area (TPSA) is 70.2 Å². The molecule has 2 aliphatic rings. The Morgan fingerprint density at radius 1 is 1.18 bits per heavy atom. The summed E-state index contributed by atoms with van der Waals surface area (Å²) in [7, 11) is -3.68. The third-order valence-electron chi connectivity index (χ3n) is 5.47. The first-order valence-corrected chi connectivity index (χ1v) is 11.4. The second-order valence-corrected chi connectivity index (χ2v) is 9.97. The van der Waals surface area contributed by atoms with Crippen LogP contribution >= 0.6 is 0 Å². The molecule has 156 valence electrons. The smallest absolute Gasteiger partial charge is 0.244 e. The average molecular weight is 410 g/mol. The molecule has 0 spiro atoms. The molecule has 1 aromatic carbocycles. The average Bonchev–Trinajstić information content (AvgIpc) is 3.01. The maximum absolute atomic E-state index is 13.3. The Labute approximate surface area is 168 Å². The van der Waals surface area contributed by atoms with Crippen molar-refractivity contribution in [3.8, 4) is 0 Å². The molecule has 8 heteroatoms. The van der Waals surface area contributed by atoms with Crippen LogP contribution in [-0.4, -0.2) is 80.0 Å². The van der Waals surface area contributed by atoms with Gasteiger partial charge in [-0.05, 0) is 31.9 Å². The zero-order chi connectivity index (χ0) is 20.5. The lowest BCUT2D eigenvalue weighted by Crippen LogP contribution is -2.52. The van der Waals surface area contributed by atoms with Crippen molar-refractivity contribution in [1.82, 2.24) is 14.1 Å². The van der Waals surface area contributed by atoms with Crippen molar-refractivity contribution in [3.63, 3.8) is 0 Å². The number of hydrogen-bond acceptors (Lipinski definition) is 5. The lowest BCUT2D eigenvalue weighted by Gasteiger charge is -2.35. The molecule has 0 saturated carbocycles. The number of carbonyl (C=O) groups excluding carboxylic acids is 1. The molecular formula is C20H31N3O4S. The normalized spacial score (nSPS) is 24.8. The summed E-state index contributed by atoms with van der Waals surface area (Å²) in [5.41, 5.74) is 1.01. The number of morpholine rings is 1. The molecule has 2 heterocycles. The third-order valence-corrected chi connectivity index (χ3v) is 7.32. The predicted octanol–water partition coefficient (Wildman–Crippen LogP) is 1.53. The molecular weight excluding hydrogens is 378 g/mol. The molecule has 0 radical (unpaired) electrons. The monoisotopic (exact) mass is 409 g/mol. The minimum Gasteiger partial charge on any atom is -0.379 e. The summed E-state index contributed by atoms with van der Waals surface area (Å²) in [6.07, 6.45) is -0.477. The summed E-state index contributed by atoms with van der Waals surface area (Å²) in [4.78, 5) is 17.2. The minimum absolute atomic E-state index is 0.0150. The number of rotatable bonds is 5. The third kappa shape index (κ3) is 4.25. The van der Waals surface area contributed by atoms with Gasteiger partial charge < -0.3 is 9.64 Å². The first kappa shape index (κ1) is 21.2. The number of benzene rings is 1. The molecule has 1 aromatic rings. The van der Waals surface area contributed by atoms with Crippen molar-refractivity contribution in [1.29, 1.82) is 0 Å². The molecule has 0 aliphatic carbocycles. The molecule has 2 atom stereocenters. The molecule has 2 saturated heterocycles. The van der Waals surface area contributed by atoms with E-state index in [1.165, 1.54) is 4.31 Å². The number of sulfonamides is 1. The number of amides is 1. The summed E-state index contributed by atoms with van der Waals surface area (Å²) in [6, 6.07) is 6.73. The maximum atomic E-state index is 13.3. The van der Waals surface area contributed by atoms with Crippen LogP contribution in [-0.2, 0) is 19.6 Å². The van der Waals surface area contributed by atoms with E-state index >= 15 is 0 Å². The van der Waals surface area contributed by atoms with Crippen molar-refractivity contribution >= 4 is 15.9 Å². The molecule has 2 fully saturated rings. The lowest BCUT2D eigenvalue weighted by molar-refractivity contribution is -0.137. The van der Waals surface area contributed by atoms with Gasteiger partial charge in [-0.25, -0.2) is 8.42 Å². The summed E-state index contributed by atoms with van der Waals surface area (Å²) in [5.74, 6) is -0.0338. The van der Waals surface area contributed by atoms with Crippen molar-refractivity contribution in [3.05, 3.63) is 29.8 Å². The fraction of sp³-hybridized carbons (Fsp3) is 0.650. The van der Waals surface area contributed by atoms with E-state index in [1.807, 2.05) is 27.7 Å². The van der Waals surface area contributed by atoms with Gasteiger partial charge in [0.1, 0.15) is 6.17 Å². The van der Waals surface area contributed by atoms with Crippen molar-refractivity contribution in [2.45, 2.75) is 44.8 Å². The summed E-state index contributed by atoms with van der Waals surface area (Å²) >= 11 is 0. The SMILES string of the molecule is Cc1ccc(S(=O)(=O)N2CC(C)N(C(=O)CN3CCOCC3)C2C(C)C)cc1. The largest absolute Gasteiger partial charge is 0.379 e. The van der Waals surface area contributed by atoms with Gasteiger partial charge >= 0.3 is 0 Å². The maximum Gasteiger partial charge on any atom is 0.244 e. The van der Waals surface area contributed by atoms with E-state index in [2.05, 4.69) is 4.90 Å². The first-order chi connectivity index (χ1) is 13.2. The molecule has 7 nitrogen and oxygen atoms in total. The van der Waals surface area contributed by atoms with Gasteiger partial charge in [-0.3, -0.25) is 9.69 Å². The Morgan fingerprint density at radius 2 is 1.79 bits per heavy atom. The Kier molecular flexibility index (Phi) is 6.44. The van der Waals surface area contributed by atoms with Crippen LogP contribution in [0.25, 0.3) is 0 Å². The first-order valence-electron chi connectivity index (χ1n) is 9.91. The lowest BCUT2D eigenvalue weighted by atomic mass is 10.1. The van der Waals surface area contributed by atoms with Crippen LogP contribution in [0.15, 0.2) is 29.2 Å². The Balaban J connectivity index is 1.85. The molecule has 3 rings (SSSR count). The van der Waals surface area contributed by atoms with Crippen molar-refractivity contribution in [2.75, 3.05) is 39.4 Å². The highest BCUT2D eigenvalue weighted by molar-refractivity contribution is 7.89. The van der Waals surface area contributed by atoms with E-state index in [0.717, 1.165) is 18.7 Å². The van der Waals surface area contributed by atoms with Gasteiger partial charge in [-0.1, -0.05) is 31.5 Å². The summed E-state index contributed by atoms with van der Waals surface area (Å²) in [5, 5.41) is 0. The number of ether oxygens (including phenoxy) is 1. The zero-order valence-corrected chi connectivity index (χ0v) is 18.0. The number of hydrogen-bond donors (Lipinski definition) is 0. The predicted molar refractivity (Wildman–Crippen MR) is 107 cm³/mol. The molecule has 1 amide bonds. The number of aryl methyl sites for hydroxylation is 1. The van der Waals surface area contributed by atoms with Gasteiger partial charge in [0.2, 0.25) is 15.9 Å². The zero-order valence-electron chi connectivity index (χ0n) is 17.2. The summed E-state index contributed by atoms with van der Waals surface area (Å²) in [6.45, 7) is 11.1. The molecule has 0 aromatic heterocycles. The van der Waals surface area contributed by atoms with Crippen LogP contribution in [0.4, 0.5) is 0 Å². The molecule has 2 unspecified atom stereocenters. The highest BCUT2D eigenvalue weighted by Crippen LogP contribution is 2.32. The standard InChI is InChI=1S/C20H31N3O4S/c1-15(2)20-22(28(25,26)18-7-5-16(3)6-8-18)13-17(4)23(20)19(24)14-21-9-11-27-12-10-21/h5-8,15,17,20H,9-14H2,1-4H3. The van der Waals surface area contributed by atoms with Gasteiger partial charge in [-0.2, -0.15) is 4.31 Å². The van der Waals surface area contributed by atoms with E-state index in [-0.39, 0.29) is 22.8 Å². The second kappa shape index (κ2) is 8.49. The van der Waals surface area contributed by atoms with Gasteiger partial charge in [-0.15, -0.1) is 0 Å². The van der Waals surface area contributed by atoms with Crippen LogP contribution < -0.4 is 0 Å². The number of nitrogens with zero attached hydrogens (tertiary/aromatic N) is 3. The van der Waals surface area contributed by atoms with Gasteiger partial charge in [0, 0.05) is 25.7 Å². The molecule has 28 heavy (non-hydrogen) atoms. The highest BCUT2D eigenvalue weighted by atomic mass is 32.2. The quantitative estimate of drug-likeness (QED) is 0.738. The van der Waals surface area contributed by atoms with Crippen LogP contribution in [0, 0.1) is 12.8 Å².